The largest absolute Gasteiger partial charge is 0.481 e. The maximum atomic E-state index is 13.9. The summed E-state index contributed by atoms with van der Waals surface area (Å²) in [6.07, 6.45) is 3.67. The second-order valence-corrected chi connectivity index (χ2v) is 10.2. The van der Waals surface area contributed by atoms with Crippen molar-refractivity contribution in [1.82, 2.24) is 26.1 Å². The molecule has 0 radical (unpaired) electrons. The van der Waals surface area contributed by atoms with Crippen molar-refractivity contribution in [1.29, 1.82) is 0 Å². The summed E-state index contributed by atoms with van der Waals surface area (Å²) in [4.78, 5) is 53.6. The Hall–Kier alpha value is -3.73. The molecular formula is C27H36N6O5. The monoisotopic (exact) mass is 524 g/mol. The number of aliphatic carboxylic acids is 1. The van der Waals surface area contributed by atoms with Gasteiger partial charge < -0.3 is 21.1 Å². The van der Waals surface area contributed by atoms with E-state index < -0.39 is 36.0 Å². The molecule has 3 heterocycles. The first-order chi connectivity index (χ1) is 18.2. The molecule has 0 saturated carbocycles. The smallest absolute Gasteiger partial charge is 0.305 e. The van der Waals surface area contributed by atoms with Gasteiger partial charge >= 0.3 is 5.97 Å². The summed E-state index contributed by atoms with van der Waals surface area (Å²) in [7, 11) is 1.73. The molecule has 0 bridgehead atoms. The van der Waals surface area contributed by atoms with Crippen molar-refractivity contribution < 1.29 is 24.3 Å². The molecule has 38 heavy (non-hydrogen) atoms. The van der Waals surface area contributed by atoms with Gasteiger partial charge in [0.2, 0.25) is 17.7 Å². The number of carboxylic acids is 1. The molecule has 5 N–H and O–H groups in total. The first-order valence-electron chi connectivity index (χ1n) is 13.1. The van der Waals surface area contributed by atoms with Crippen LogP contribution in [0.25, 0.3) is 0 Å². The fourth-order valence-corrected chi connectivity index (χ4v) is 5.49. The van der Waals surface area contributed by atoms with Crippen LogP contribution in [0.5, 0.6) is 0 Å². The van der Waals surface area contributed by atoms with E-state index in [9.17, 15) is 24.3 Å². The van der Waals surface area contributed by atoms with E-state index in [4.69, 9.17) is 0 Å². The Labute approximate surface area is 221 Å². The molecule has 11 heteroatoms. The van der Waals surface area contributed by atoms with E-state index in [1.54, 1.807) is 19.3 Å². The molecule has 1 aromatic heterocycles. The first kappa shape index (κ1) is 27.3. The summed E-state index contributed by atoms with van der Waals surface area (Å²) >= 11 is 0. The molecule has 5 atom stereocenters. The zero-order valence-electron chi connectivity index (χ0n) is 22.0. The lowest BCUT2D eigenvalue weighted by Gasteiger charge is -2.30. The number of nitrogens with one attached hydrogen (secondary N) is 4. The number of carbonyl (C=O) groups is 4. The SMILES string of the molecule is CC[C@H](C)[C@H](NC)C(=O)NC1CCc2cccc3c2N(C1=O)[C@H](C(=O)N[C@@H](CC(=O)O)Cc1ccn[nH]1)C3. The summed E-state index contributed by atoms with van der Waals surface area (Å²) in [5.41, 5.74) is 3.26. The molecule has 2 aromatic rings. The van der Waals surface area contributed by atoms with Crippen molar-refractivity contribution in [2.45, 2.75) is 76.5 Å². The number of benzene rings is 1. The molecule has 2 aliphatic rings. The predicted molar refractivity (Wildman–Crippen MR) is 140 cm³/mol. The van der Waals surface area contributed by atoms with Gasteiger partial charge in [0.15, 0.2) is 0 Å². The van der Waals surface area contributed by atoms with Crippen molar-refractivity contribution in [2.24, 2.45) is 5.92 Å². The molecule has 0 aliphatic carbocycles. The van der Waals surface area contributed by atoms with Crippen LogP contribution in [0.2, 0.25) is 0 Å². The minimum atomic E-state index is -1.04. The standard InChI is InChI=1S/C27H36N6O5/c1-4-15(2)23(28-3)26(37)31-20-9-8-16-6-5-7-17-12-21(33(24(16)17)27(20)38)25(36)30-19(14-22(34)35)13-18-10-11-29-32-18/h5-7,10-11,15,19-21,23,28H,4,8-9,12-14H2,1-3H3,(H,29,32)(H,30,36)(H,31,37)(H,34,35)/t15-,19+,20?,21-,23-/m0/s1. The molecule has 0 saturated heterocycles. The summed E-state index contributed by atoms with van der Waals surface area (Å²) in [5, 5.41) is 24.9. The van der Waals surface area contributed by atoms with Crippen molar-refractivity contribution in [2.75, 3.05) is 11.9 Å². The Kier molecular flexibility index (Phi) is 8.45. The average Bonchev–Trinajstić information content (AvgIpc) is 3.51. The third kappa shape index (κ3) is 5.72. The molecule has 0 fully saturated rings. The number of nitrogens with zero attached hydrogens (tertiary/aromatic N) is 2. The van der Waals surface area contributed by atoms with Crippen LogP contribution in [0.4, 0.5) is 5.69 Å². The molecular weight excluding hydrogens is 488 g/mol. The van der Waals surface area contributed by atoms with E-state index >= 15 is 0 Å². The fraction of sp³-hybridized carbons (Fsp3) is 0.519. The van der Waals surface area contributed by atoms with Gasteiger partial charge in [-0.1, -0.05) is 38.5 Å². The molecule has 204 valence electrons. The molecule has 0 spiro atoms. The van der Waals surface area contributed by atoms with Crippen LogP contribution >= 0.6 is 0 Å². The van der Waals surface area contributed by atoms with Gasteiger partial charge in [-0.15, -0.1) is 0 Å². The molecule has 4 rings (SSSR count). The number of anilines is 1. The van der Waals surface area contributed by atoms with E-state index in [0.717, 1.165) is 23.2 Å². The minimum Gasteiger partial charge on any atom is -0.481 e. The van der Waals surface area contributed by atoms with Gasteiger partial charge in [0, 0.05) is 30.8 Å². The molecule has 2 aliphatic heterocycles. The number of rotatable bonds is 11. The molecule has 1 unspecified atom stereocenters. The van der Waals surface area contributed by atoms with Gasteiger partial charge in [-0.3, -0.25) is 29.2 Å². The number of carboxylic acid groups (broad SMARTS) is 1. The van der Waals surface area contributed by atoms with Gasteiger partial charge in [0.05, 0.1) is 18.2 Å². The number of aryl methyl sites for hydroxylation is 1. The van der Waals surface area contributed by atoms with Gasteiger partial charge in [-0.2, -0.15) is 5.10 Å². The van der Waals surface area contributed by atoms with Crippen LogP contribution in [-0.4, -0.2) is 70.2 Å². The number of carbonyl (C=O) groups excluding carboxylic acids is 3. The number of hydrogen-bond donors (Lipinski definition) is 5. The number of amides is 3. The highest BCUT2D eigenvalue weighted by Crippen LogP contribution is 2.39. The molecule has 11 nitrogen and oxygen atoms in total. The minimum absolute atomic E-state index is 0.0797. The van der Waals surface area contributed by atoms with E-state index in [1.807, 2.05) is 32.0 Å². The zero-order chi connectivity index (χ0) is 27.4. The molecule has 3 amide bonds. The van der Waals surface area contributed by atoms with Gasteiger partial charge in [-0.25, -0.2) is 0 Å². The first-order valence-corrected chi connectivity index (χ1v) is 13.1. The number of aromatic nitrogens is 2. The number of hydrogen-bond acceptors (Lipinski definition) is 6. The fourth-order valence-electron chi connectivity index (χ4n) is 5.49. The predicted octanol–water partition coefficient (Wildman–Crippen LogP) is 0.935. The Morgan fingerprint density at radius 2 is 2.00 bits per heavy atom. The van der Waals surface area contributed by atoms with Gasteiger partial charge in [-0.05, 0) is 43.0 Å². The van der Waals surface area contributed by atoms with Crippen LogP contribution in [0.3, 0.4) is 0 Å². The second kappa shape index (κ2) is 11.8. The topological polar surface area (TPSA) is 157 Å². The van der Waals surface area contributed by atoms with Gasteiger partial charge in [0.1, 0.15) is 12.1 Å². The second-order valence-electron chi connectivity index (χ2n) is 10.2. The van der Waals surface area contributed by atoms with Crippen molar-refractivity contribution in [3.05, 3.63) is 47.3 Å². The van der Waals surface area contributed by atoms with Crippen molar-refractivity contribution in [3.63, 3.8) is 0 Å². The van der Waals surface area contributed by atoms with E-state index in [0.29, 0.717) is 25.0 Å². The lowest BCUT2D eigenvalue weighted by molar-refractivity contribution is -0.138. The van der Waals surface area contributed by atoms with E-state index in [2.05, 4.69) is 26.1 Å². The van der Waals surface area contributed by atoms with Crippen LogP contribution in [0.1, 0.15) is 49.9 Å². The summed E-state index contributed by atoms with van der Waals surface area (Å²) < 4.78 is 0. The maximum absolute atomic E-state index is 13.9. The Morgan fingerprint density at radius 1 is 1.24 bits per heavy atom. The highest BCUT2D eigenvalue weighted by Gasteiger charge is 2.44. The van der Waals surface area contributed by atoms with Crippen LogP contribution in [0.15, 0.2) is 30.5 Å². The van der Waals surface area contributed by atoms with Crippen LogP contribution in [-0.2, 0) is 38.4 Å². The third-order valence-electron chi connectivity index (χ3n) is 7.62. The quantitative estimate of drug-likeness (QED) is 0.293. The number of aromatic amines is 1. The Bertz CT molecular complexity index is 1180. The van der Waals surface area contributed by atoms with Crippen molar-refractivity contribution in [3.8, 4) is 0 Å². The van der Waals surface area contributed by atoms with E-state index in [-0.39, 0.29) is 30.6 Å². The lowest BCUT2D eigenvalue weighted by Crippen LogP contribution is -2.58. The highest BCUT2D eigenvalue weighted by molar-refractivity contribution is 6.08. The number of likely N-dealkylation sites (N-methyl/N-ethyl adjacent to an activating group) is 1. The van der Waals surface area contributed by atoms with Crippen molar-refractivity contribution >= 4 is 29.4 Å². The maximum Gasteiger partial charge on any atom is 0.305 e. The summed E-state index contributed by atoms with van der Waals surface area (Å²) in [6, 6.07) is 4.75. The normalized spacial score (nSPS) is 20.7. The zero-order valence-corrected chi connectivity index (χ0v) is 22.0. The summed E-state index contributed by atoms with van der Waals surface area (Å²) in [5.74, 6) is -1.96. The summed E-state index contributed by atoms with van der Waals surface area (Å²) in [6.45, 7) is 3.99. The molecule has 1 aromatic carbocycles. The Balaban J connectivity index is 1.57. The third-order valence-corrected chi connectivity index (χ3v) is 7.62. The Morgan fingerprint density at radius 3 is 2.66 bits per heavy atom. The highest BCUT2D eigenvalue weighted by atomic mass is 16.4. The lowest BCUT2D eigenvalue weighted by atomic mass is 9.97. The van der Waals surface area contributed by atoms with Gasteiger partial charge in [0.25, 0.3) is 0 Å². The van der Waals surface area contributed by atoms with Crippen LogP contribution < -0.4 is 20.9 Å². The average molecular weight is 525 g/mol. The van der Waals surface area contributed by atoms with Crippen LogP contribution in [0, 0.1) is 5.92 Å². The van der Waals surface area contributed by atoms with E-state index in [1.165, 1.54) is 4.90 Å². The number of para-hydroxylation sites is 1. The number of H-pyrrole nitrogens is 1.